The largest absolute Gasteiger partial charge is 0.354 e. The molecule has 3 nitrogen and oxygen atoms in total. The predicted octanol–water partition coefficient (Wildman–Crippen LogP) is 4.29. The summed E-state index contributed by atoms with van der Waals surface area (Å²) < 4.78 is 0. The number of pyridine rings is 1. The predicted molar refractivity (Wildman–Crippen MR) is 93.0 cm³/mol. The number of nitrogens with one attached hydrogen (secondary N) is 1. The Bertz CT molecular complexity index is 401. The molecule has 1 N–H and O–H groups in total. The van der Waals surface area contributed by atoms with E-state index >= 15 is 0 Å². The molecule has 0 aromatic carbocycles. The van der Waals surface area contributed by atoms with Gasteiger partial charge >= 0.3 is 0 Å². The number of aryl methyl sites for hydroxylation is 1. The van der Waals surface area contributed by atoms with Crippen molar-refractivity contribution in [2.45, 2.75) is 72.9 Å². The third-order valence-corrected chi connectivity index (χ3v) is 3.76. The average Bonchev–Trinajstić information content (AvgIpc) is 2.45. The van der Waals surface area contributed by atoms with Crippen LogP contribution in [-0.2, 0) is 6.54 Å². The second-order valence-corrected chi connectivity index (χ2v) is 6.16. The fourth-order valence-corrected chi connectivity index (χ4v) is 2.57. The van der Waals surface area contributed by atoms with E-state index in [4.69, 9.17) is 4.98 Å². The fourth-order valence-electron chi connectivity index (χ4n) is 2.57. The van der Waals surface area contributed by atoms with Crippen LogP contribution in [0.3, 0.4) is 0 Å². The summed E-state index contributed by atoms with van der Waals surface area (Å²) >= 11 is 0. The lowest BCUT2D eigenvalue weighted by molar-refractivity contribution is 0.617. The Kier molecular flexibility index (Phi) is 8.36. The van der Waals surface area contributed by atoms with Crippen LogP contribution < -0.4 is 10.2 Å². The highest BCUT2D eigenvalue weighted by Crippen LogP contribution is 2.21. The topological polar surface area (TPSA) is 28.2 Å². The summed E-state index contributed by atoms with van der Waals surface area (Å²) in [7, 11) is 0. The normalized spacial score (nSPS) is 11.1. The summed E-state index contributed by atoms with van der Waals surface area (Å²) in [6, 6.07) is 2.78. The van der Waals surface area contributed by atoms with Gasteiger partial charge in [0.25, 0.3) is 0 Å². The van der Waals surface area contributed by atoms with Gasteiger partial charge in [0.15, 0.2) is 0 Å². The first-order chi connectivity index (χ1) is 10.1. The smallest absolute Gasteiger partial charge is 0.131 e. The van der Waals surface area contributed by atoms with Crippen molar-refractivity contribution >= 4 is 5.82 Å². The Morgan fingerprint density at radius 2 is 1.95 bits per heavy atom. The molecule has 0 atom stereocenters. The molecule has 3 heteroatoms. The van der Waals surface area contributed by atoms with Crippen molar-refractivity contribution in [2.24, 2.45) is 0 Å². The zero-order valence-corrected chi connectivity index (χ0v) is 14.6. The van der Waals surface area contributed by atoms with Crippen molar-refractivity contribution < 1.29 is 0 Å². The third kappa shape index (κ3) is 6.04. The number of hydrogen-bond acceptors (Lipinski definition) is 3. The van der Waals surface area contributed by atoms with Crippen molar-refractivity contribution in [3.63, 3.8) is 0 Å². The Hall–Kier alpha value is -1.09. The maximum atomic E-state index is 4.74. The van der Waals surface area contributed by atoms with Crippen LogP contribution in [0.2, 0.25) is 0 Å². The molecule has 0 fully saturated rings. The molecule has 1 rings (SSSR count). The second-order valence-electron chi connectivity index (χ2n) is 6.16. The molecular weight excluding hydrogens is 258 g/mol. The van der Waals surface area contributed by atoms with Crippen molar-refractivity contribution in [2.75, 3.05) is 18.0 Å². The lowest BCUT2D eigenvalue weighted by atomic mass is 10.1. The summed E-state index contributed by atoms with van der Waals surface area (Å²) in [6.07, 6.45) is 7.00. The Labute approximate surface area is 131 Å². The van der Waals surface area contributed by atoms with E-state index in [-0.39, 0.29) is 0 Å². The molecule has 0 unspecified atom stereocenters. The minimum Gasteiger partial charge on any atom is -0.354 e. The van der Waals surface area contributed by atoms with Crippen molar-refractivity contribution in [3.05, 3.63) is 23.4 Å². The number of hydrogen-bond donors (Lipinski definition) is 1. The van der Waals surface area contributed by atoms with Crippen molar-refractivity contribution in [1.82, 2.24) is 10.3 Å². The molecule has 21 heavy (non-hydrogen) atoms. The molecular formula is C18H33N3. The fraction of sp³-hybridized carbons (Fsp3) is 0.722. The number of anilines is 1. The Balaban J connectivity index is 2.74. The number of unbranched alkanes of at least 4 members (excludes halogenated alkanes) is 2. The molecule has 0 saturated heterocycles. The van der Waals surface area contributed by atoms with Gasteiger partial charge in [0, 0.05) is 25.3 Å². The van der Waals surface area contributed by atoms with Gasteiger partial charge < -0.3 is 10.2 Å². The second kappa shape index (κ2) is 9.78. The minimum atomic E-state index is 0.497. The first-order valence-electron chi connectivity index (χ1n) is 8.53. The molecule has 0 aliphatic rings. The van der Waals surface area contributed by atoms with Gasteiger partial charge in [-0.25, -0.2) is 4.98 Å². The molecule has 0 radical (unpaired) electrons. The highest BCUT2D eigenvalue weighted by molar-refractivity contribution is 5.48. The molecule has 1 heterocycles. The van der Waals surface area contributed by atoms with Crippen LogP contribution in [0.5, 0.6) is 0 Å². The number of rotatable bonds is 10. The third-order valence-electron chi connectivity index (χ3n) is 3.76. The summed E-state index contributed by atoms with van der Waals surface area (Å²) in [5.74, 6) is 1.15. The maximum Gasteiger partial charge on any atom is 0.131 e. The quantitative estimate of drug-likeness (QED) is 0.652. The molecule has 120 valence electrons. The van der Waals surface area contributed by atoms with Crippen LogP contribution in [0.4, 0.5) is 5.82 Å². The summed E-state index contributed by atoms with van der Waals surface area (Å²) in [5, 5.41) is 3.44. The van der Waals surface area contributed by atoms with Crippen LogP contribution in [0, 0.1) is 6.92 Å². The van der Waals surface area contributed by atoms with Gasteiger partial charge in [-0.2, -0.15) is 0 Å². The van der Waals surface area contributed by atoms with Crippen molar-refractivity contribution in [3.8, 4) is 0 Å². The standard InChI is InChI=1S/C18H33N3/c1-6-8-9-11-21(15(3)4)18-16(5)12-17(14-20-18)13-19-10-7-2/h12,14-15,19H,6-11,13H2,1-5H3. The molecule has 0 spiro atoms. The maximum absolute atomic E-state index is 4.74. The van der Waals surface area contributed by atoms with Gasteiger partial charge in [0.2, 0.25) is 0 Å². The van der Waals surface area contributed by atoms with Crippen molar-refractivity contribution in [1.29, 1.82) is 0 Å². The van der Waals surface area contributed by atoms with Gasteiger partial charge in [-0.05, 0) is 57.4 Å². The van der Waals surface area contributed by atoms with Crippen LogP contribution in [0.25, 0.3) is 0 Å². The Morgan fingerprint density at radius 1 is 1.19 bits per heavy atom. The van der Waals surface area contributed by atoms with Gasteiger partial charge in [-0.3, -0.25) is 0 Å². The van der Waals surface area contributed by atoms with Gasteiger partial charge in [0.1, 0.15) is 5.82 Å². The molecule has 0 bridgehead atoms. The van der Waals surface area contributed by atoms with Gasteiger partial charge in [-0.1, -0.05) is 26.7 Å². The van der Waals surface area contributed by atoms with Crippen LogP contribution in [0.1, 0.15) is 64.5 Å². The zero-order chi connectivity index (χ0) is 15.7. The monoisotopic (exact) mass is 291 g/mol. The lowest BCUT2D eigenvalue weighted by Crippen LogP contribution is -2.33. The molecule has 1 aromatic heterocycles. The van der Waals surface area contributed by atoms with Crippen LogP contribution in [0.15, 0.2) is 12.3 Å². The molecule has 0 amide bonds. The van der Waals surface area contributed by atoms with E-state index in [0.717, 1.165) is 25.5 Å². The molecule has 0 aliphatic heterocycles. The van der Waals surface area contributed by atoms with E-state index in [2.05, 4.69) is 50.9 Å². The average molecular weight is 291 g/mol. The van der Waals surface area contributed by atoms with Gasteiger partial charge in [0.05, 0.1) is 0 Å². The van der Waals surface area contributed by atoms with Gasteiger partial charge in [-0.15, -0.1) is 0 Å². The minimum absolute atomic E-state index is 0.497. The summed E-state index contributed by atoms with van der Waals surface area (Å²) in [4.78, 5) is 7.18. The lowest BCUT2D eigenvalue weighted by Gasteiger charge is -2.29. The number of aromatic nitrogens is 1. The molecule has 0 aliphatic carbocycles. The summed E-state index contributed by atoms with van der Waals surface area (Å²) in [5.41, 5.74) is 2.57. The SMILES string of the molecule is CCCCCN(c1ncc(CNCCC)cc1C)C(C)C. The van der Waals surface area contributed by atoms with E-state index in [9.17, 15) is 0 Å². The highest BCUT2D eigenvalue weighted by Gasteiger charge is 2.14. The Morgan fingerprint density at radius 3 is 2.52 bits per heavy atom. The van der Waals surface area contributed by atoms with E-state index in [1.165, 1.54) is 36.8 Å². The van der Waals surface area contributed by atoms with E-state index in [0.29, 0.717) is 6.04 Å². The zero-order valence-electron chi connectivity index (χ0n) is 14.6. The summed E-state index contributed by atoms with van der Waals surface area (Å²) in [6.45, 7) is 14.2. The first-order valence-corrected chi connectivity index (χ1v) is 8.53. The molecule has 1 aromatic rings. The molecule has 0 saturated carbocycles. The van der Waals surface area contributed by atoms with E-state index in [1.54, 1.807) is 0 Å². The number of nitrogens with zero attached hydrogens (tertiary/aromatic N) is 2. The van der Waals surface area contributed by atoms with Crippen LogP contribution >= 0.6 is 0 Å². The first kappa shape index (κ1) is 18.0. The van der Waals surface area contributed by atoms with E-state index in [1.807, 2.05) is 6.20 Å². The van der Waals surface area contributed by atoms with E-state index < -0.39 is 0 Å². The highest BCUT2D eigenvalue weighted by atomic mass is 15.2. The van der Waals surface area contributed by atoms with Crippen LogP contribution in [-0.4, -0.2) is 24.1 Å².